The van der Waals surface area contributed by atoms with Gasteiger partial charge in [-0.05, 0) is 50.5 Å². The number of hydrogen-bond acceptors (Lipinski definition) is 3. The van der Waals surface area contributed by atoms with E-state index in [9.17, 15) is 9.59 Å². The smallest absolute Gasteiger partial charge is 0.265 e. The van der Waals surface area contributed by atoms with Gasteiger partial charge in [0, 0.05) is 13.1 Å². The van der Waals surface area contributed by atoms with E-state index in [4.69, 9.17) is 4.74 Å². The van der Waals surface area contributed by atoms with Crippen LogP contribution in [0.4, 0.5) is 5.69 Å². The fraction of sp³-hybridized carbons (Fsp3) is 0.417. The van der Waals surface area contributed by atoms with Gasteiger partial charge in [-0.2, -0.15) is 0 Å². The molecular weight excluding hydrogens is 364 g/mol. The molecule has 2 aromatic carbocycles. The van der Waals surface area contributed by atoms with Gasteiger partial charge in [-0.1, -0.05) is 49.6 Å². The molecule has 154 valence electrons. The van der Waals surface area contributed by atoms with Crippen LogP contribution >= 0.6 is 0 Å². The number of amides is 2. The molecule has 1 fully saturated rings. The highest BCUT2D eigenvalue weighted by atomic mass is 16.5. The second kappa shape index (κ2) is 9.59. The third-order valence-electron chi connectivity index (χ3n) is 5.62. The van der Waals surface area contributed by atoms with Crippen molar-refractivity contribution in [2.45, 2.75) is 58.1 Å². The van der Waals surface area contributed by atoms with Gasteiger partial charge in [0.2, 0.25) is 0 Å². The van der Waals surface area contributed by atoms with Gasteiger partial charge in [0.25, 0.3) is 11.8 Å². The minimum atomic E-state index is -0.685. The van der Waals surface area contributed by atoms with Crippen LogP contribution in [0.3, 0.4) is 0 Å². The lowest BCUT2D eigenvalue weighted by Crippen LogP contribution is -2.39. The zero-order valence-electron chi connectivity index (χ0n) is 17.5. The fourth-order valence-corrected chi connectivity index (χ4v) is 3.77. The predicted octanol–water partition coefficient (Wildman–Crippen LogP) is 4.81. The first-order valence-corrected chi connectivity index (χ1v) is 10.4. The molecule has 0 spiro atoms. The largest absolute Gasteiger partial charge is 0.481 e. The average Bonchev–Trinajstić information content (AvgIpc) is 2.75. The van der Waals surface area contributed by atoms with Gasteiger partial charge in [0.15, 0.2) is 6.10 Å². The number of rotatable bonds is 6. The summed E-state index contributed by atoms with van der Waals surface area (Å²) in [5.74, 6) is 0.339. The molecule has 5 nitrogen and oxygen atoms in total. The van der Waals surface area contributed by atoms with Gasteiger partial charge in [-0.15, -0.1) is 0 Å². The topological polar surface area (TPSA) is 58.6 Å². The van der Waals surface area contributed by atoms with Crippen molar-refractivity contribution < 1.29 is 14.3 Å². The molecule has 1 unspecified atom stereocenters. The molecule has 2 amide bonds. The number of nitrogens with one attached hydrogen (secondary N) is 1. The third kappa shape index (κ3) is 5.17. The molecule has 1 atom stereocenters. The standard InChI is InChI=1S/C24H30N2O3/c1-17-11-7-10-16-22(17)29-18(2)23(27)25-21-15-9-8-14-20(21)24(28)26(3)19-12-5-4-6-13-19/h7-11,14-16,18-19H,4-6,12-13H2,1-3H3,(H,25,27). The number of hydrogen-bond donors (Lipinski definition) is 1. The molecule has 1 aliphatic rings. The molecule has 2 aromatic rings. The second-order valence-electron chi connectivity index (χ2n) is 7.77. The van der Waals surface area contributed by atoms with Crippen molar-refractivity contribution in [3.05, 3.63) is 59.7 Å². The first-order chi connectivity index (χ1) is 14.0. The monoisotopic (exact) mass is 394 g/mol. The van der Waals surface area contributed by atoms with Crippen molar-refractivity contribution in [3.8, 4) is 5.75 Å². The maximum atomic E-state index is 13.1. The zero-order chi connectivity index (χ0) is 20.8. The summed E-state index contributed by atoms with van der Waals surface area (Å²) in [7, 11) is 1.86. The summed E-state index contributed by atoms with van der Waals surface area (Å²) in [5.41, 5.74) is 2.00. The summed E-state index contributed by atoms with van der Waals surface area (Å²) in [6.45, 7) is 3.65. The van der Waals surface area contributed by atoms with Crippen molar-refractivity contribution >= 4 is 17.5 Å². The third-order valence-corrected chi connectivity index (χ3v) is 5.62. The maximum absolute atomic E-state index is 13.1. The van der Waals surface area contributed by atoms with Crippen LogP contribution < -0.4 is 10.1 Å². The molecule has 1 aliphatic carbocycles. The lowest BCUT2D eigenvalue weighted by molar-refractivity contribution is -0.122. The molecule has 0 aromatic heterocycles. The molecule has 5 heteroatoms. The van der Waals surface area contributed by atoms with E-state index in [0.29, 0.717) is 17.0 Å². The van der Waals surface area contributed by atoms with E-state index in [0.717, 1.165) is 31.2 Å². The lowest BCUT2D eigenvalue weighted by Gasteiger charge is -2.31. The molecule has 0 aliphatic heterocycles. The highest BCUT2D eigenvalue weighted by molar-refractivity contribution is 6.04. The second-order valence-corrected chi connectivity index (χ2v) is 7.77. The van der Waals surface area contributed by atoms with Crippen LogP contribution in [0.25, 0.3) is 0 Å². The summed E-state index contributed by atoms with van der Waals surface area (Å²) in [4.78, 5) is 27.6. The predicted molar refractivity (Wildman–Crippen MR) is 115 cm³/mol. The van der Waals surface area contributed by atoms with Gasteiger partial charge in [-0.25, -0.2) is 0 Å². The summed E-state index contributed by atoms with van der Waals surface area (Å²) in [5, 5.41) is 2.88. The molecule has 0 radical (unpaired) electrons. The summed E-state index contributed by atoms with van der Waals surface area (Å²) in [6, 6.07) is 15.0. The maximum Gasteiger partial charge on any atom is 0.265 e. The molecule has 0 heterocycles. The van der Waals surface area contributed by atoms with Gasteiger partial charge in [0.1, 0.15) is 5.75 Å². The Bertz CT molecular complexity index is 859. The minimum absolute atomic E-state index is 0.0553. The first kappa shape index (κ1) is 20.9. The van der Waals surface area contributed by atoms with Crippen LogP contribution in [0.5, 0.6) is 5.75 Å². The van der Waals surface area contributed by atoms with Crippen molar-refractivity contribution in [1.29, 1.82) is 0 Å². The van der Waals surface area contributed by atoms with Gasteiger partial charge in [0.05, 0.1) is 11.3 Å². The Morgan fingerprint density at radius 3 is 2.41 bits per heavy atom. The quantitative estimate of drug-likeness (QED) is 0.765. The van der Waals surface area contributed by atoms with E-state index < -0.39 is 6.10 Å². The molecule has 0 saturated heterocycles. The van der Waals surface area contributed by atoms with Crippen molar-refractivity contribution in [3.63, 3.8) is 0 Å². The van der Waals surface area contributed by atoms with Crippen LogP contribution in [0, 0.1) is 6.92 Å². The Kier molecular flexibility index (Phi) is 6.91. The van der Waals surface area contributed by atoms with Crippen molar-refractivity contribution in [2.24, 2.45) is 0 Å². The molecular formula is C24H30N2O3. The highest BCUT2D eigenvalue weighted by Crippen LogP contribution is 2.25. The van der Waals surface area contributed by atoms with Crippen LogP contribution in [-0.2, 0) is 4.79 Å². The van der Waals surface area contributed by atoms with Crippen LogP contribution in [0.2, 0.25) is 0 Å². The van der Waals surface area contributed by atoms with Crippen LogP contribution in [0.15, 0.2) is 48.5 Å². The SMILES string of the molecule is Cc1ccccc1OC(C)C(=O)Nc1ccccc1C(=O)N(C)C1CCCCC1. The number of nitrogens with zero attached hydrogens (tertiary/aromatic N) is 1. The number of ether oxygens (including phenoxy) is 1. The Labute approximate surface area is 173 Å². The van der Waals surface area contributed by atoms with E-state index in [1.54, 1.807) is 19.1 Å². The van der Waals surface area contributed by atoms with Crippen LogP contribution in [0.1, 0.15) is 54.9 Å². The molecule has 1 saturated carbocycles. The number of para-hydroxylation sites is 2. The Balaban J connectivity index is 1.70. The first-order valence-electron chi connectivity index (χ1n) is 10.4. The molecule has 3 rings (SSSR count). The number of carbonyl (C=O) groups excluding carboxylic acids is 2. The average molecular weight is 395 g/mol. The summed E-state index contributed by atoms with van der Waals surface area (Å²) in [6.07, 6.45) is 4.96. The van der Waals surface area contributed by atoms with E-state index in [-0.39, 0.29) is 17.9 Å². The van der Waals surface area contributed by atoms with Gasteiger partial charge in [-0.3, -0.25) is 9.59 Å². The van der Waals surface area contributed by atoms with Crippen molar-refractivity contribution in [2.75, 3.05) is 12.4 Å². The molecule has 29 heavy (non-hydrogen) atoms. The van der Waals surface area contributed by atoms with E-state index in [1.807, 2.05) is 55.3 Å². The van der Waals surface area contributed by atoms with Crippen molar-refractivity contribution in [1.82, 2.24) is 4.90 Å². The van der Waals surface area contributed by atoms with E-state index >= 15 is 0 Å². The van der Waals surface area contributed by atoms with E-state index in [1.165, 1.54) is 6.42 Å². The number of aryl methyl sites for hydroxylation is 1. The van der Waals surface area contributed by atoms with Crippen LogP contribution in [-0.4, -0.2) is 35.9 Å². The lowest BCUT2D eigenvalue weighted by atomic mass is 9.94. The molecule has 0 bridgehead atoms. The normalized spacial score (nSPS) is 15.4. The Morgan fingerprint density at radius 2 is 1.69 bits per heavy atom. The summed E-state index contributed by atoms with van der Waals surface area (Å²) >= 11 is 0. The summed E-state index contributed by atoms with van der Waals surface area (Å²) < 4.78 is 5.81. The highest BCUT2D eigenvalue weighted by Gasteiger charge is 2.25. The van der Waals surface area contributed by atoms with Gasteiger partial charge >= 0.3 is 0 Å². The number of carbonyl (C=O) groups is 2. The number of anilines is 1. The molecule has 1 N–H and O–H groups in total. The Hall–Kier alpha value is -2.82. The minimum Gasteiger partial charge on any atom is -0.481 e. The zero-order valence-corrected chi connectivity index (χ0v) is 17.5. The fourth-order valence-electron chi connectivity index (χ4n) is 3.77. The Morgan fingerprint density at radius 1 is 1.03 bits per heavy atom. The number of benzene rings is 2. The van der Waals surface area contributed by atoms with E-state index in [2.05, 4.69) is 5.32 Å². The van der Waals surface area contributed by atoms with Gasteiger partial charge < -0.3 is 15.0 Å².